The second-order valence-corrected chi connectivity index (χ2v) is 3.47. The molecule has 5 heteroatoms. The van der Waals surface area contributed by atoms with Gasteiger partial charge in [0, 0.05) is 0 Å². The molecule has 0 saturated carbocycles. The lowest BCUT2D eigenvalue weighted by molar-refractivity contribution is -0.141. The van der Waals surface area contributed by atoms with Crippen molar-refractivity contribution < 1.29 is 25.2 Å². The predicted molar refractivity (Wildman–Crippen MR) is 49.6 cm³/mol. The van der Waals surface area contributed by atoms with Crippen LogP contribution >= 0.6 is 0 Å². The van der Waals surface area contributed by atoms with E-state index in [0.717, 1.165) is 13.0 Å². The maximum atomic E-state index is 11.2. The minimum absolute atomic E-state index is 0.292. The van der Waals surface area contributed by atoms with Crippen molar-refractivity contribution in [3.05, 3.63) is 11.6 Å². The smallest absolute Gasteiger partial charge is 0.187 e. The Balaban J connectivity index is 4.56. The van der Waals surface area contributed by atoms with Crippen LogP contribution in [0.5, 0.6) is 0 Å². The van der Waals surface area contributed by atoms with Crippen molar-refractivity contribution in [1.29, 1.82) is 0 Å². The van der Waals surface area contributed by atoms with Gasteiger partial charge in [-0.15, -0.1) is 0 Å². The Labute approximate surface area is 82.3 Å². The molecule has 14 heavy (non-hydrogen) atoms. The van der Waals surface area contributed by atoms with E-state index in [-0.39, 0.29) is 6.61 Å². The van der Waals surface area contributed by atoms with Crippen LogP contribution in [0.4, 0.5) is 0 Å². The van der Waals surface area contributed by atoms with Crippen LogP contribution in [0.15, 0.2) is 11.6 Å². The zero-order valence-electron chi connectivity index (χ0n) is 8.27. The first-order chi connectivity index (χ1) is 6.35. The molecule has 0 amide bonds. The van der Waals surface area contributed by atoms with Crippen molar-refractivity contribution in [2.75, 3.05) is 13.2 Å². The molecule has 0 fully saturated rings. The lowest BCUT2D eigenvalue weighted by atomic mass is 9.96. The first kappa shape index (κ1) is 13.2. The quantitative estimate of drug-likeness (QED) is 0.413. The van der Waals surface area contributed by atoms with Crippen molar-refractivity contribution in [2.45, 2.75) is 25.6 Å². The summed E-state index contributed by atoms with van der Waals surface area (Å²) in [7, 11) is 0. The van der Waals surface area contributed by atoms with E-state index in [9.17, 15) is 15.0 Å². The second kappa shape index (κ2) is 5.21. The molecule has 0 aliphatic rings. The van der Waals surface area contributed by atoms with Gasteiger partial charge in [-0.25, -0.2) is 0 Å². The van der Waals surface area contributed by atoms with E-state index >= 15 is 0 Å². The van der Waals surface area contributed by atoms with Gasteiger partial charge in [-0.2, -0.15) is 0 Å². The number of hydrogen-bond donors (Lipinski definition) is 4. The van der Waals surface area contributed by atoms with Gasteiger partial charge in [0.25, 0.3) is 0 Å². The highest BCUT2D eigenvalue weighted by Crippen LogP contribution is 2.11. The fraction of sp³-hybridized carbons (Fsp3) is 0.667. The van der Waals surface area contributed by atoms with Crippen molar-refractivity contribution >= 4 is 5.78 Å². The maximum Gasteiger partial charge on any atom is 0.187 e. The number of ketones is 1. The Morgan fingerprint density at radius 2 is 2.00 bits per heavy atom. The van der Waals surface area contributed by atoms with Crippen LogP contribution in [0.3, 0.4) is 0 Å². The van der Waals surface area contributed by atoms with Gasteiger partial charge in [-0.3, -0.25) is 4.79 Å². The van der Waals surface area contributed by atoms with Crippen LogP contribution in [0, 0.1) is 0 Å². The van der Waals surface area contributed by atoms with Crippen molar-refractivity contribution in [3.63, 3.8) is 0 Å². The van der Waals surface area contributed by atoms with Crippen molar-refractivity contribution in [2.24, 2.45) is 0 Å². The Morgan fingerprint density at radius 3 is 2.36 bits per heavy atom. The molecule has 0 aromatic rings. The number of aliphatic hydroxyl groups is 4. The van der Waals surface area contributed by atoms with Gasteiger partial charge < -0.3 is 20.4 Å². The van der Waals surface area contributed by atoms with E-state index in [2.05, 4.69) is 0 Å². The molecule has 4 N–H and O–H groups in total. The third-order valence-electron chi connectivity index (χ3n) is 1.82. The molecule has 0 saturated heterocycles. The van der Waals surface area contributed by atoms with Gasteiger partial charge in [0.2, 0.25) is 0 Å². The SMILES string of the molecule is C/C(=C\C(=O)C(O)C(C)(O)CO)CO. The van der Waals surface area contributed by atoms with Gasteiger partial charge in [0.15, 0.2) is 5.78 Å². The van der Waals surface area contributed by atoms with Gasteiger partial charge in [-0.1, -0.05) is 0 Å². The molecule has 0 radical (unpaired) electrons. The van der Waals surface area contributed by atoms with E-state index in [4.69, 9.17) is 10.2 Å². The largest absolute Gasteiger partial charge is 0.393 e. The number of carbonyl (C=O) groups is 1. The lowest BCUT2D eigenvalue weighted by Gasteiger charge is -2.24. The minimum atomic E-state index is -1.86. The maximum absolute atomic E-state index is 11.2. The Bertz CT molecular complexity index is 231. The molecule has 0 aromatic heterocycles. The van der Waals surface area contributed by atoms with Crippen molar-refractivity contribution in [3.8, 4) is 0 Å². The average Bonchev–Trinajstić information content (AvgIpc) is 2.16. The zero-order valence-corrected chi connectivity index (χ0v) is 8.27. The first-order valence-corrected chi connectivity index (χ1v) is 4.18. The van der Waals surface area contributed by atoms with Crippen LogP contribution < -0.4 is 0 Å². The van der Waals surface area contributed by atoms with E-state index in [1.54, 1.807) is 0 Å². The molecule has 5 nitrogen and oxygen atoms in total. The predicted octanol–water partition coefficient (Wildman–Crippen LogP) is -1.40. The molecule has 2 unspecified atom stereocenters. The summed E-state index contributed by atoms with van der Waals surface area (Å²) in [6, 6.07) is 0. The van der Waals surface area contributed by atoms with Crippen LogP contribution in [-0.2, 0) is 4.79 Å². The fourth-order valence-electron chi connectivity index (χ4n) is 0.760. The summed E-state index contributed by atoms with van der Waals surface area (Å²) in [6.45, 7) is 1.65. The Hall–Kier alpha value is -0.750. The summed E-state index contributed by atoms with van der Waals surface area (Å²) in [5, 5.41) is 35.9. The fourth-order valence-corrected chi connectivity index (χ4v) is 0.760. The van der Waals surface area contributed by atoms with Crippen LogP contribution in [-0.4, -0.2) is 51.1 Å². The highest BCUT2D eigenvalue weighted by atomic mass is 16.4. The summed E-state index contributed by atoms with van der Waals surface area (Å²) in [4.78, 5) is 11.2. The molecule has 0 aromatic carbocycles. The molecule has 0 aliphatic carbocycles. The standard InChI is InChI=1S/C9H16O5/c1-6(4-10)3-7(12)8(13)9(2,14)5-11/h3,8,10-11,13-14H,4-5H2,1-2H3/b6-3+. The van der Waals surface area contributed by atoms with Crippen molar-refractivity contribution in [1.82, 2.24) is 0 Å². The lowest BCUT2D eigenvalue weighted by Crippen LogP contribution is -2.47. The number of hydrogen-bond acceptors (Lipinski definition) is 5. The Kier molecular flexibility index (Phi) is 4.93. The second-order valence-electron chi connectivity index (χ2n) is 3.47. The molecule has 0 aliphatic heterocycles. The number of carbonyl (C=O) groups excluding carboxylic acids is 1. The van der Waals surface area contributed by atoms with Gasteiger partial charge in [-0.05, 0) is 25.5 Å². The topological polar surface area (TPSA) is 98.0 Å². The third-order valence-corrected chi connectivity index (χ3v) is 1.82. The molecular weight excluding hydrogens is 188 g/mol. The summed E-state index contributed by atoms with van der Waals surface area (Å²) in [5.74, 6) is -0.740. The van der Waals surface area contributed by atoms with E-state index in [1.807, 2.05) is 0 Å². The Morgan fingerprint density at radius 1 is 1.50 bits per heavy atom. The van der Waals surface area contributed by atoms with E-state index < -0.39 is 24.1 Å². The molecule has 2 atom stereocenters. The molecule has 0 rings (SSSR count). The summed E-state index contributed by atoms with van der Waals surface area (Å²) in [6.07, 6.45) is -0.650. The minimum Gasteiger partial charge on any atom is -0.393 e. The molecule has 0 spiro atoms. The highest BCUT2D eigenvalue weighted by Gasteiger charge is 2.33. The summed E-state index contributed by atoms with van der Waals surface area (Å²) in [5.41, 5.74) is -1.48. The molecule has 82 valence electrons. The van der Waals surface area contributed by atoms with Crippen LogP contribution in [0.1, 0.15) is 13.8 Å². The van der Waals surface area contributed by atoms with Gasteiger partial charge >= 0.3 is 0 Å². The normalized spacial score (nSPS) is 18.9. The average molecular weight is 204 g/mol. The van der Waals surface area contributed by atoms with E-state index in [1.165, 1.54) is 6.92 Å². The van der Waals surface area contributed by atoms with Gasteiger partial charge in [0.05, 0.1) is 13.2 Å². The summed E-state index contributed by atoms with van der Waals surface area (Å²) >= 11 is 0. The van der Waals surface area contributed by atoms with Crippen LogP contribution in [0.2, 0.25) is 0 Å². The van der Waals surface area contributed by atoms with E-state index in [0.29, 0.717) is 5.57 Å². The number of aliphatic hydroxyl groups excluding tert-OH is 3. The monoisotopic (exact) mass is 204 g/mol. The van der Waals surface area contributed by atoms with Gasteiger partial charge in [0.1, 0.15) is 11.7 Å². The number of rotatable bonds is 5. The molecule has 0 heterocycles. The van der Waals surface area contributed by atoms with Crippen LogP contribution in [0.25, 0.3) is 0 Å². The first-order valence-electron chi connectivity index (χ1n) is 4.18. The highest BCUT2D eigenvalue weighted by molar-refractivity contribution is 5.94. The summed E-state index contributed by atoms with van der Waals surface area (Å²) < 4.78 is 0. The zero-order chi connectivity index (χ0) is 11.4. The molecule has 0 bridgehead atoms. The third kappa shape index (κ3) is 3.55. The molecular formula is C9H16O5.